The van der Waals surface area contributed by atoms with E-state index in [9.17, 15) is 13.8 Å². The lowest BCUT2D eigenvalue weighted by Gasteiger charge is -2.23. The highest BCUT2D eigenvalue weighted by Gasteiger charge is 2.31. The monoisotopic (exact) mass is 425 g/mol. The number of fused-ring (bicyclic) bond motifs is 2. The highest BCUT2D eigenvalue weighted by molar-refractivity contribution is 7.85. The lowest BCUT2D eigenvalue weighted by Crippen LogP contribution is -2.30. The van der Waals surface area contributed by atoms with Gasteiger partial charge in [-0.25, -0.2) is 9.00 Å². The van der Waals surface area contributed by atoms with Crippen LogP contribution < -0.4 is 4.90 Å². The maximum Gasteiger partial charge on any atom is 0.337 e. The molecular formula is C22H16ClNO4S. The molecule has 0 fully saturated rings. The second kappa shape index (κ2) is 7.81. The average Bonchev–Trinajstić information content (AvgIpc) is 2.83. The number of anilines is 1. The summed E-state index contributed by atoms with van der Waals surface area (Å²) in [4.78, 5) is 27.9. The lowest BCUT2D eigenvalue weighted by molar-refractivity contribution is 0.0600. The van der Waals surface area contributed by atoms with Crippen LogP contribution in [0.5, 0.6) is 0 Å². The zero-order chi connectivity index (χ0) is 20.5. The molecule has 7 heteroatoms. The summed E-state index contributed by atoms with van der Waals surface area (Å²) < 4.78 is 18.1. The van der Waals surface area contributed by atoms with Gasteiger partial charge in [-0.3, -0.25) is 4.79 Å². The van der Waals surface area contributed by atoms with E-state index in [1.54, 1.807) is 60.7 Å². The van der Waals surface area contributed by atoms with E-state index in [-0.39, 0.29) is 18.0 Å². The summed E-state index contributed by atoms with van der Waals surface area (Å²) in [7, 11) is -0.287. The molecule has 1 amide bonds. The van der Waals surface area contributed by atoms with Crippen LogP contribution in [0.1, 0.15) is 26.3 Å². The van der Waals surface area contributed by atoms with Crippen LogP contribution in [0.15, 0.2) is 76.5 Å². The number of hydrogen-bond acceptors (Lipinski definition) is 4. The molecule has 1 aliphatic rings. The molecule has 3 aromatic carbocycles. The molecule has 0 aliphatic carbocycles. The summed E-state index contributed by atoms with van der Waals surface area (Å²) in [6, 6.07) is 18.7. The topological polar surface area (TPSA) is 63.7 Å². The Bertz CT molecular complexity index is 1160. The molecule has 1 atom stereocenters. The lowest BCUT2D eigenvalue weighted by atomic mass is 10.1. The molecule has 5 nitrogen and oxygen atoms in total. The molecule has 0 aromatic heterocycles. The number of amides is 1. The molecule has 0 N–H and O–H groups in total. The van der Waals surface area contributed by atoms with Crippen molar-refractivity contribution in [3.8, 4) is 0 Å². The minimum absolute atomic E-state index is 0.211. The number of ether oxygens (including phenoxy) is 1. The molecule has 0 radical (unpaired) electrons. The molecule has 0 saturated heterocycles. The molecule has 0 saturated carbocycles. The number of carbonyl (C=O) groups excluding carboxylic acids is 2. The zero-order valence-corrected chi connectivity index (χ0v) is 17.0. The molecule has 0 spiro atoms. The minimum Gasteiger partial charge on any atom is -0.465 e. The van der Waals surface area contributed by atoms with Crippen molar-refractivity contribution in [2.75, 3.05) is 12.0 Å². The third-order valence-electron chi connectivity index (χ3n) is 4.66. The van der Waals surface area contributed by atoms with Crippen molar-refractivity contribution in [1.29, 1.82) is 0 Å². The van der Waals surface area contributed by atoms with Crippen LogP contribution in [0.25, 0.3) is 0 Å². The third kappa shape index (κ3) is 3.57. The molecular weight excluding hydrogens is 410 g/mol. The maximum absolute atomic E-state index is 13.4. The van der Waals surface area contributed by atoms with Crippen LogP contribution in [-0.4, -0.2) is 23.2 Å². The Kier molecular flexibility index (Phi) is 5.22. The number of carbonyl (C=O) groups is 2. The van der Waals surface area contributed by atoms with Gasteiger partial charge in [0.1, 0.15) is 0 Å². The van der Waals surface area contributed by atoms with Gasteiger partial charge in [0.25, 0.3) is 5.91 Å². The van der Waals surface area contributed by atoms with Gasteiger partial charge in [0.05, 0.1) is 51.1 Å². The molecule has 4 rings (SSSR count). The van der Waals surface area contributed by atoms with Crippen molar-refractivity contribution in [3.05, 3.63) is 88.4 Å². The van der Waals surface area contributed by atoms with Crippen molar-refractivity contribution >= 4 is 40.0 Å². The first-order valence-corrected chi connectivity index (χ1v) is 10.3. The Morgan fingerprint density at radius 1 is 1.03 bits per heavy atom. The second-order valence-corrected chi connectivity index (χ2v) is 8.31. The highest BCUT2D eigenvalue weighted by atomic mass is 35.5. The number of nitrogens with zero attached hydrogens (tertiary/aromatic N) is 1. The fraction of sp³-hybridized carbons (Fsp3) is 0.0909. The minimum atomic E-state index is -1.58. The molecule has 29 heavy (non-hydrogen) atoms. The fourth-order valence-corrected chi connectivity index (χ4v) is 4.84. The van der Waals surface area contributed by atoms with Gasteiger partial charge in [-0.2, -0.15) is 0 Å². The molecule has 0 unspecified atom stereocenters. The normalized spacial score (nSPS) is 15.3. The number of halogens is 1. The summed E-state index contributed by atoms with van der Waals surface area (Å²) in [5.74, 6) is -0.829. The van der Waals surface area contributed by atoms with E-state index in [0.717, 1.165) is 5.56 Å². The Morgan fingerprint density at radius 3 is 2.59 bits per heavy atom. The van der Waals surface area contributed by atoms with Crippen LogP contribution in [0.3, 0.4) is 0 Å². The van der Waals surface area contributed by atoms with E-state index in [4.69, 9.17) is 16.3 Å². The second-order valence-electron chi connectivity index (χ2n) is 6.46. The van der Waals surface area contributed by atoms with E-state index in [1.807, 2.05) is 6.07 Å². The highest BCUT2D eigenvalue weighted by Crippen LogP contribution is 2.36. The Morgan fingerprint density at radius 2 is 1.83 bits per heavy atom. The predicted octanol–water partition coefficient (Wildman–Crippen LogP) is 4.45. The first-order chi connectivity index (χ1) is 14.0. The van der Waals surface area contributed by atoms with E-state index in [1.165, 1.54) is 12.0 Å². The first-order valence-electron chi connectivity index (χ1n) is 8.79. The average molecular weight is 426 g/mol. The summed E-state index contributed by atoms with van der Waals surface area (Å²) in [6.07, 6.45) is 0. The van der Waals surface area contributed by atoms with Crippen molar-refractivity contribution in [2.24, 2.45) is 0 Å². The van der Waals surface area contributed by atoms with Crippen LogP contribution in [0, 0.1) is 0 Å². The van der Waals surface area contributed by atoms with E-state index < -0.39 is 16.8 Å². The van der Waals surface area contributed by atoms with E-state index in [0.29, 0.717) is 26.1 Å². The number of rotatable bonds is 3. The van der Waals surface area contributed by atoms with Gasteiger partial charge in [-0.15, -0.1) is 0 Å². The zero-order valence-electron chi connectivity index (χ0n) is 15.4. The smallest absolute Gasteiger partial charge is 0.337 e. The quantitative estimate of drug-likeness (QED) is 0.581. The van der Waals surface area contributed by atoms with Crippen molar-refractivity contribution in [2.45, 2.75) is 16.3 Å². The molecule has 3 aromatic rings. The Hall–Kier alpha value is -2.96. The molecule has 0 bridgehead atoms. The van der Waals surface area contributed by atoms with E-state index >= 15 is 0 Å². The Balaban J connectivity index is 1.92. The first kappa shape index (κ1) is 19.4. The van der Waals surface area contributed by atoms with Gasteiger partial charge in [0.2, 0.25) is 0 Å². The van der Waals surface area contributed by atoms with Gasteiger partial charge in [-0.1, -0.05) is 35.9 Å². The molecule has 1 heterocycles. The van der Waals surface area contributed by atoms with Crippen molar-refractivity contribution < 1.29 is 18.5 Å². The maximum atomic E-state index is 13.4. The van der Waals surface area contributed by atoms with Crippen LogP contribution >= 0.6 is 11.6 Å². The Labute approximate surface area is 175 Å². The summed E-state index contributed by atoms with van der Waals surface area (Å²) in [5.41, 5.74) is 1.86. The number of benzene rings is 3. The number of esters is 1. The van der Waals surface area contributed by atoms with Crippen LogP contribution in [0.4, 0.5) is 5.69 Å². The SMILES string of the molecule is COC(=O)c1ccc2c(c1)N(Cc1cccc(Cl)c1)C(=O)c1ccccc1[S@@]2=O. The van der Waals surface area contributed by atoms with Gasteiger partial charge >= 0.3 is 5.97 Å². The molecule has 1 aliphatic heterocycles. The standard InChI is InChI=1S/C22H16ClNO4S/c1-28-22(26)15-9-10-20-18(12-15)24(13-14-5-4-6-16(23)11-14)21(25)17-7-2-3-8-19(17)29(20)27/h2-12H,13H2,1H3/t29-/m0/s1. The summed E-state index contributed by atoms with van der Waals surface area (Å²) in [6.45, 7) is 0.211. The van der Waals surface area contributed by atoms with Gasteiger partial charge < -0.3 is 9.64 Å². The van der Waals surface area contributed by atoms with Gasteiger partial charge in [0.15, 0.2) is 0 Å². The van der Waals surface area contributed by atoms with Crippen LogP contribution in [-0.2, 0) is 22.1 Å². The van der Waals surface area contributed by atoms with E-state index in [2.05, 4.69) is 0 Å². The summed E-state index contributed by atoms with van der Waals surface area (Å²) >= 11 is 6.11. The predicted molar refractivity (Wildman–Crippen MR) is 111 cm³/mol. The third-order valence-corrected chi connectivity index (χ3v) is 6.40. The van der Waals surface area contributed by atoms with Crippen molar-refractivity contribution in [3.63, 3.8) is 0 Å². The fourth-order valence-electron chi connectivity index (χ4n) is 3.28. The summed E-state index contributed by atoms with van der Waals surface area (Å²) in [5, 5.41) is 0.553. The van der Waals surface area contributed by atoms with Crippen molar-refractivity contribution in [1.82, 2.24) is 0 Å². The van der Waals surface area contributed by atoms with Crippen LogP contribution in [0.2, 0.25) is 5.02 Å². The van der Waals surface area contributed by atoms with Gasteiger partial charge in [0, 0.05) is 5.02 Å². The number of methoxy groups -OCH3 is 1. The van der Waals surface area contributed by atoms with Gasteiger partial charge in [-0.05, 0) is 48.0 Å². The molecule has 146 valence electrons. The largest absolute Gasteiger partial charge is 0.465 e. The number of hydrogen-bond donors (Lipinski definition) is 0.